The van der Waals surface area contributed by atoms with Gasteiger partial charge in [0, 0.05) is 31.3 Å². The minimum atomic E-state index is 0.632. The molecule has 1 aromatic heterocycles. The number of hydrogen-bond donors (Lipinski definition) is 2. The van der Waals surface area contributed by atoms with Crippen LogP contribution in [0.4, 0.5) is 5.69 Å². The maximum Gasteiger partial charge on any atom is 0.139 e. The van der Waals surface area contributed by atoms with Gasteiger partial charge in [0.15, 0.2) is 0 Å². The van der Waals surface area contributed by atoms with Crippen molar-refractivity contribution in [1.29, 1.82) is 5.41 Å². The van der Waals surface area contributed by atoms with Crippen LogP contribution >= 0.6 is 0 Å². The van der Waals surface area contributed by atoms with Gasteiger partial charge in [-0.25, -0.2) is 0 Å². The molecule has 0 aliphatic heterocycles. The van der Waals surface area contributed by atoms with Gasteiger partial charge in [0.1, 0.15) is 11.5 Å². The van der Waals surface area contributed by atoms with Crippen LogP contribution in [-0.4, -0.2) is 18.2 Å². The Labute approximate surface area is 99.8 Å². The second kappa shape index (κ2) is 5.12. The molecule has 0 saturated heterocycles. The SMILES string of the molecule is CNc1ccc(Oc2ccncc2C=N)cc1. The number of hydrogen-bond acceptors (Lipinski definition) is 4. The van der Waals surface area contributed by atoms with Gasteiger partial charge in [0.2, 0.25) is 0 Å². The molecule has 0 unspecified atom stereocenters. The molecule has 1 aromatic carbocycles. The number of nitrogens with zero attached hydrogens (tertiary/aromatic N) is 1. The minimum Gasteiger partial charge on any atom is -0.457 e. The molecule has 2 N–H and O–H groups in total. The lowest BCUT2D eigenvalue weighted by Crippen LogP contribution is -1.92. The number of anilines is 1. The van der Waals surface area contributed by atoms with Crippen LogP contribution in [0.2, 0.25) is 0 Å². The maximum atomic E-state index is 7.26. The predicted molar refractivity (Wildman–Crippen MR) is 68.2 cm³/mol. The van der Waals surface area contributed by atoms with Crippen molar-refractivity contribution < 1.29 is 4.74 Å². The molecule has 1 heterocycles. The summed E-state index contributed by atoms with van der Waals surface area (Å²) in [6.45, 7) is 0. The molecule has 0 aliphatic carbocycles. The fourth-order valence-electron chi connectivity index (χ4n) is 1.41. The van der Waals surface area contributed by atoms with Crippen molar-refractivity contribution >= 4 is 11.9 Å². The van der Waals surface area contributed by atoms with Crippen LogP contribution in [0.5, 0.6) is 11.5 Å². The van der Waals surface area contributed by atoms with Crippen LogP contribution in [0.1, 0.15) is 5.56 Å². The van der Waals surface area contributed by atoms with E-state index in [0.717, 1.165) is 11.4 Å². The van der Waals surface area contributed by atoms with Crippen LogP contribution < -0.4 is 10.1 Å². The van der Waals surface area contributed by atoms with Crippen molar-refractivity contribution in [2.24, 2.45) is 0 Å². The second-order valence-electron chi connectivity index (χ2n) is 3.43. The lowest BCUT2D eigenvalue weighted by atomic mass is 10.2. The van der Waals surface area contributed by atoms with Crippen molar-refractivity contribution in [3.8, 4) is 11.5 Å². The van der Waals surface area contributed by atoms with Gasteiger partial charge in [-0.1, -0.05) is 0 Å². The fourth-order valence-corrected chi connectivity index (χ4v) is 1.41. The summed E-state index contributed by atoms with van der Waals surface area (Å²) in [5, 5.41) is 10.3. The van der Waals surface area contributed by atoms with E-state index in [-0.39, 0.29) is 0 Å². The average molecular weight is 227 g/mol. The number of benzene rings is 1. The number of rotatable bonds is 4. The summed E-state index contributed by atoms with van der Waals surface area (Å²) in [5.41, 5.74) is 1.68. The van der Waals surface area contributed by atoms with Gasteiger partial charge in [-0.2, -0.15) is 0 Å². The zero-order valence-electron chi connectivity index (χ0n) is 9.47. The number of pyridine rings is 1. The summed E-state index contributed by atoms with van der Waals surface area (Å²) in [5.74, 6) is 1.37. The Kier molecular flexibility index (Phi) is 3.35. The van der Waals surface area contributed by atoms with Crippen molar-refractivity contribution in [2.75, 3.05) is 12.4 Å². The van der Waals surface area contributed by atoms with Gasteiger partial charge in [0.05, 0.1) is 5.56 Å². The van der Waals surface area contributed by atoms with Gasteiger partial charge in [-0.3, -0.25) is 4.98 Å². The van der Waals surface area contributed by atoms with Crippen LogP contribution in [0.25, 0.3) is 0 Å². The van der Waals surface area contributed by atoms with E-state index in [1.165, 1.54) is 6.21 Å². The zero-order chi connectivity index (χ0) is 12.1. The molecule has 0 amide bonds. The molecule has 0 atom stereocenters. The lowest BCUT2D eigenvalue weighted by Gasteiger charge is -2.08. The van der Waals surface area contributed by atoms with Crippen LogP contribution in [0.15, 0.2) is 42.7 Å². The molecule has 0 spiro atoms. The molecule has 4 nitrogen and oxygen atoms in total. The molecule has 0 aliphatic rings. The molecule has 0 saturated carbocycles. The summed E-state index contributed by atoms with van der Waals surface area (Å²) in [6.07, 6.45) is 4.47. The van der Waals surface area contributed by atoms with E-state index < -0.39 is 0 Å². The predicted octanol–water partition coefficient (Wildman–Crippen LogP) is 2.91. The lowest BCUT2D eigenvalue weighted by molar-refractivity contribution is 0.481. The third-order valence-corrected chi connectivity index (χ3v) is 2.34. The second-order valence-corrected chi connectivity index (χ2v) is 3.43. The van der Waals surface area contributed by atoms with Crippen molar-refractivity contribution in [2.45, 2.75) is 0 Å². The van der Waals surface area contributed by atoms with Gasteiger partial charge in [-0.15, -0.1) is 0 Å². The Bertz CT molecular complexity index is 508. The van der Waals surface area contributed by atoms with E-state index in [4.69, 9.17) is 10.1 Å². The molecule has 2 rings (SSSR count). The Balaban J connectivity index is 2.22. The van der Waals surface area contributed by atoms with Gasteiger partial charge in [-0.05, 0) is 30.3 Å². The first-order valence-electron chi connectivity index (χ1n) is 5.23. The fraction of sp³-hybridized carbons (Fsp3) is 0.0769. The highest BCUT2D eigenvalue weighted by Gasteiger charge is 2.02. The first-order chi connectivity index (χ1) is 8.33. The van der Waals surface area contributed by atoms with E-state index in [1.807, 2.05) is 31.3 Å². The molecule has 0 radical (unpaired) electrons. The summed E-state index contributed by atoms with van der Waals surface area (Å²) >= 11 is 0. The summed E-state index contributed by atoms with van der Waals surface area (Å²) in [6, 6.07) is 9.35. The Morgan fingerprint density at radius 3 is 2.65 bits per heavy atom. The number of nitrogens with one attached hydrogen (secondary N) is 2. The minimum absolute atomic E-state index is 0.632. The highest BCUT2D eigenvalue weighted by molar-refractivity contribution is 5.80. The molecule has 2 aromatic rings. The monoisotopic (exact) mass is 227 g/mol. The van der Waals surface area contributed by atoms with Crippen LogP contribution in [-0.2, 0) is 0 Å². The molecular weight excluding hydrogens is 214 g/mol. The number of ether oxygens (including phenoxy) is 1. The Hall–Kier alpha value is -2.36. The highest BCUT2D eigenvalue weighted by Crippen LogP contribution is 2.24. The maximum absolute atomic E-state index is 7.26. The van der Waals surface area contributed by atoms with E-state index in [1.54, 1.807) is 18.5 Å². The van der Waals surface area contributed by atoms with Crippen molar-refractivity contribution in [3.05, 3.63) is 48.3 Å². The van der Waals surface area contributed by atoms with Gasteiger partial charge >= 0.3 is 0 Å². The topological polar surface area (TPSA) is 58.0 Å². The van der Waals surface area contributed by atoms with Crippen molar-refractivity contribution in [3.63, 3.8) is 0 Å². The quantitative estimate of drug-likeness (QED) is 0.789. The Morgan fingerprint density at radius 1 is 1.24 bits per heavy atom. The van der Waals surface area contributed by atoms with E-state index in [2.05, 4.69) is 10.3 Å². The molecular formula is C13H13N3O. The summed E-state index contributed by atoms with van der Waals surface area (Å²) < 4.78 is 5.68. The van der Waals surface area contributed by atoms with Crippen LogP contribution in [0, 0.1) is 5.41 Å². The third kappa shape index (κ3) is 2.60. The normalized spacial score (nSPS) is 9.71. The van der Waals surface area contributed by atoms with E-state index >= 15 is 0 Å². The van der Waals surface area contributed by atoms with Gasteiger partial charge in [0.25, 0.3) is 0 Å². The third-order valence-electron chi connectivity index (χ3n) is 2.34. The molecule has 17 heavy (non-hydrogen) atoms. The van der Waals surface area contributed by atoms with E-state index in [0.29, 0.717) is 11.3 Å². The molecule has 4 heteroatoms. The average Bonchev–Trinajstić information content (AvgIpc) is 2.40. The van der Waals surface area contributed by atoms with Gasteiger partial charge < -0.3 is 15.5 Å². The summed E-state index contributed by atoms with van der Waals surface area (Å²) in [4.78, 5) is 3.94. The standard InChI is InChI=1S/C13H13N3O/c1-15-11-2-4-12(5-3-11)17-13-6-7-16-9-10(13)8-14/h2-9,14-15H,1H3. The van der Waals surface area contributed by atoms with E-state index in [9.17, 15) is 0 Å². The summed E-state index contributed by atoms with van der Waals surface area (Å²) in [7, 11) is 1.87. The Morgan fingerprint density at radius 2 is 2.00 bits per heavy atom. The first-order valence-corrected chi connectivity index (χ1v) is 5.23. The molecule has 0 bridgehead atoms. The molecule has 0 fully saturated rings. The largest absolute Gasteiger partial charge is 0.457 e. The smallest absolute Gasteiger partial charge is 0.139 e. The molecule has 86 valence electrons. The van der Waals surface area contributed by atoms with Crippen LogP contribution in [0.3, 0.4) is 0 Å². The van der Waals surface area contributed by atoms with Crippen molar-refractivity contribution in [1.82, 2.24) is 4.98 Å². The highest BCUT2D eigenvalue weighted by atomic mass is 16.5. The number of aromatic nitrogens is 1. The first kappa shape index (κ1) is 11.1. The zero-order valence-corrected chi connectivity index (χ0v) is 9.47.